The molecule has 1 unspecified atom stereocenters. The highest BCUT2D eigenvalue weighted by Crippen LogP contribution is 2.35. The second-order valence-corrected chi connectivity index (χ2v) is 5.95. The molecule has 5 nitrogen and oxygen atoms in total. The minimum atomic E-state index is -3.51. The first-order valence-electron chi connectivity index (χ1n) is 4.89. The van der Waals surface area contributed by atoms with Crippen LogP contribution in [0.1, 0.15) is 12.8 Å². The average molecular weight is 230 g/mol. The number of carbonyl (C=O) groups excluding carboxylic acids is 1. The Kier molecular flexibility index (Phi) is 2.35. The molecule has 84 valence electrons. The van der Waals surface area contributed by atoms with E-state index in [9.17, 15) is 13.2 Å². The fraction of sp³-hybridized carbons (Fsp3) is 0.667. The molecule has 0 spiro atoms. The number of carbonyl (C=O) groups is 1. The Morgan fingerprint density at radius 2 is 2.13 bits per heavy atom. The van der Waals surface area contributed by atoms with Crippen molar-refractivity contribution in [2.45, 2.75) is 18.9 Å². The summed E-state index contributed by atoms with van der Waals surface area (Å²) in [5.41, 5.74) is 0. The molecule has 0 radical (unpaired) electrons. The van der Waals surface area contributed by atoms with Gasteiger partial charge in [-0.05, 0) is 12.8 Å². The third-order valence-corrected chi connectivity index (χ3v) is 4.63. The van der Waals surface area contributed by atoms with Gasteiger partial charge in [0.1, 0.15) is 4.91 Å². The monoisotopic (exact) mass is 230 g/mol. The number of Topliss-reactive ketones (excluding diaryl/α,β-unsaturated/α-hetero) is 1. The summed E-state index contributed by atoms with van der Waals surface area (Å²) in [6, 6.07) is -0.429. The Bertz CT molecular complexity index is 425. The highest BCUT2D eigenvalue weighted by Gasteiger charge is 2.50. The predicted octanol–water partition coefficient (Wildman–Crippen LogP) is -0.234. The Hall–Kier alpha value is -0.880. The van der Waals surface area contributed by atoms with Crippen LogP contribution in [0.3, 0.4) is 0 Å². The maximum absolute atomic E-state index is 11.9. The number of sulfonamides is 1. The van der Waals surface area contributed by atoms with Crippen LogP contribution in [-0.2, 0) is 14.8 Å². The van der Waals surface area contributed by atoms with Gasteiger partial charge in [0.15, 0.2) is 5.78 Å². The summed E-state index contributed by atoms with van der Waals surface area (Å²) in [5, 5.41) is 0. The molecule has 1 atom stereocenters. The van der Waals surface area contributed by atoms with Gasteiger partial charge in [-0.15, -0.1) is 0 Å². The van der Waals surface area contributed by atoms with Crippen molar-refractivity contribution in [3.05, 3.63) is 11.1 Å². The molecule has 0 aliphatic carbocycles. The maximum atomic E-state index is 11.9. The first kappa shape index (κ1) is 10.6. The second-order valence-electron chi connectivity index (χ2n) is 4.09. The summed E-state index contributed by atoms with van der Waals surface area (Å²) in [5.74, 6) is -0.249. The molecule has 0 saturated carbocycles. The van der Waals surface area contributed by atoms with Crippen molar-refractivity contribution >= 4 is 15.8 Å². The molecule has 0 aromatic heterocycles. The van der Waals surface area contributed by atoms with Gasteiger partial charge >= 0.3 is 0 Å². The molecule has 2 fully saturated rings. The number of rotatable bonds is 1. The third kappa shape index (κ3) is 1.48. The first-order chi connectivity index (χ1) is 6.94. The Morgan fingerprint density at radius 3 is 2.67 bits per heavy atom. The fourth-order valence-electron chi connectivity index (χ4n) is 2.07. The lowest BCUT2D eigenvalue weighted by molar-refractivity contribution is -0.116. The normalized spacial score (nSPS) is 32.3. The van der Waals surface area contributed by atoms with Gasteiger partial charge in [-0.1, -0.05) is 0 Å². The number of nitrogens with zero attached hydrogens (tertiary/aromatic N) is 2. The molecule has 0 bridgehead atoms. The van der Waals surface area contributed by atoms with E-state index in [1.807, 2.05) is 0 Å². The van der Waals surface area contributed by atoms with Crippen LogP contribution in [0.5, 0.6) is 0 Å². The van der Waals surface area contributed by atoms with Crippen molar-refractivity contribution in [2.75, 3.05) is 20.6 Å². The van der Waals surface area contributed by atoms with Gasteiger partial charge in [-0.2, -0.15) is 4.31 Å². The highest BCUT2D eigenvalue weighted by atomic mass is 32.2. The number of ketones is 1. The average Bonchev–Trinajstić information content (AvgIpc) is 2.66. The zero-order valence-electron chi connectivity index (χ0n) is 8.80. The lowest BCUT2D eigenvalue weighted by Crippen LogP contribution is -2.28. The van der Waals surface area contributed by atoms with E-state index in [1.54, 1.807) is 19.0 Å². The minimum Gasteiger partial charge on any atom is -0.382 e. The number of hydrogen-bond donors (Lipinski definition) is 0. The molecule has 2 saturated heterocycles. The maximum Gasteiger partial charge on any atom is 0.248 e. The van der Waals surface area contributed by atoms with Gasteiger partial charge in [-0.25, -0.2) is 8.42 Å². The Balaban J connectivity index is 2.48. The summed E-state index contributed by atoms with van der Waals surface area (Å²) in [4.78, 5) is 13.4. The van der Waals surface area contributed by atoms with E-state index in [1.165, 1.54) is 10.5 Å². The summed E-state index contributed by atoms with van der Waals surface area (Å²) in [6.45, 7) is 0.476. The summed E-state index contributed by atoms with van der Waals surface area (Å²) in [7, 11) is -0.0905. The number of hydrogen-bond acceptors (Lipinski definition) is 4. The largest absolute Gasteiger partial charge is 0.382 e. The zero-order valence-corrected chi connectivity index (χ0v) is 9.62. The van der Waals surface area contributed by atoms with Crippen molar-refractivity contribution < 1.29 is 13.2 Å². The SMILES string of the molecule is CN(C)/C=C1/C(=O)C2CCCN2S1(=O)=O. The highest BCUT2D eigenvalue weighted by molar-refractivity contribution is 7.94. The van der Waals surface area contributed by atoms with Gasteiger partial charge in [0, 0.05) is 26.8 Å². The van der Waals surface area contributed by atoms with Crippen molar-refractivity contribution in [3.8, 4) is 0 Å². The van der Waals surface area contributed by atoms with Crippen LogP contribution in [0.2, 0.25) is 0 Å². The van der Waals surface area contributed by atoms with Crippen LogP contribution in [-0.4, -0.2) is 50.1 Å². The van der Waals surface area contributed by atoms with E-state index >= 15 is 0 Å². The van der Waals surface area contributed by atoms with E-state index in [-0.39, 0.29) is 10.7 Å². The lowest BCUT2D eigenvalue weighted by Gasteiger charge is -2.10. The summed E-state index contributed by atoms with van der Waals surface area (Å²) < 4.78 is 25.2. The molecule has 0 amide bonds. The van der Waals surface area contributed by atoms with Gasteiger partial charge < -0.3 is 4.90 Å². The third-order valence-electron chi connectivity index (χ3n) is 2.71. The van der Waals surface area contributed by atoms with E-state index < -0.39 is 16.1 Å². The molecule has 2 heterocycles. The molecule has 2 rings (SSSR count). The molecule has 15 heavy (non-hydrogen) atoms. The standard InChI is InChI=1S/C9H14N2O3S/c1-10(2)6-8-9(12)7-4-3-5-11(7)15(8,13)14/h6-7H,3-5H2,1-2H3/b8-6-. The molecular formula is C9H14N2O3S. The van der Waals surface area contributed by atoms with Crippen molar-refractivity contribution in [2.24, 2.45) is 0 Å². The smallest absolute Gasteiger partial charge is 0.248 e. The van der Waals surface area contributed by atoms with Gasteiger partial charge in [-0.3, -0.25) is 4.79 Å². The van der Waals surface area contributed by atoms with Crippen LogP contribution < -0.4 is 0 Å². The van der Waals surface area contributed by atoms with Crippen LogP contribution in [0.4, 0.5) is 0 Å². The first-order valence-corrected chi connectivity index (χ1v) is 6.33. The fourth-order valence-corrected chi connectivity index (χ4v) is 3.96. The molecule has 0 N–H and O–H groups in total. The summed E-state index contributed by atoms with van der Waals surface area (Å²) >= 11 is 0. The van der Waals surface area contributed by atoms with Crippen LogP contribution in [0, 0.1) is 0 Å². The molecule has 2 aliphatic heterocycles. The molecule has 2 aliphatic rings. The Morgan fingerprint density at radius 1 is 1.47 bits per heavy atom. The Labute approximate surface area is 89.4 Å². The topological polar surface area (TPSA) is 57.7 Å². The van der Waals surface area contributed by atoms with E-state index in [4.69, 9.17) is 0 Å². The van der Waals surface area contributed by atoms with E-state index in [0.29, 0.717) is 13.0 Å². The molecule has 0 aromatic rings. The molecular weight excluding hydrogens is 216 g/mol. The van der Waals surface area contributed by atoms with E-state index in [0.717, 1.165) is 6.42 Å². The van der Waals surface area contributed by atoms with Crippen LogP contribution in [0.15, 0.2) is 11.1 Å². The van der Waals surface area contributed by atoms with Crippen molar-refractivity contribution in [3.63, 3.8) is 0 Å². The van der Waals surface area contributed by atoms with Crippen LogP contribution >= 0.6 is 0 Å². The molecule has 6 heteroatoms. The summed E-state index contributed by atoms with van der Waals surface area (Å²) in [6.07, 6.45) is 2.84. The minimum absolute atomic E-state index is 0.0581. The zero-order chi connectivity index (χ0) is 11.2. The van der Waals surface area contributed by atoms with Crippen LogP contribution in [0.25, 0.3) is 0 Å². The van der Waals surface area contributed by atoms with Crippen molar-refractivity contribution in [1.82, 2.24) is 9.21 Å². The number of fused-ring (bicyclic) bond motifs is 1. The molecule has 0 aromatic carbocycles. The van der Waals surface area contributed by atoms with Gasteiger partial charge in [0.2, 0.25) is 10.0 Å². The van der Waals surface area contributed by atoms with E-state index in [2.05, 4.69) is 0 Å². The second kappa shape index (κ2) is 3.31. The predicted molar refractivity (Wildman–Crippen MR) is 55.4 cm³/mol. The quantitative estimate of drug-likeness (QED) is 0.584. The lowest BCUT2D eigenvalue weighted by atomic mass is 10.1. The van der Waals surface area contributed by atoms with Gasteiger partial charge in [0.25, 0.3) is 0 Å². The van der Waals surface area contributed by atoms with Gasteiger partial charge in [0.05, 0.1) is 6.04 Å². The van der Waals surface area contributed by atoms with Crippen molar-refractivity contribution in [1.29, 1.82) is 0 Å².